The van der Waals surface area contributed by atoms with Crippen molar-refractivity contribution in [3.05, 3.63) is 89.5 Å². The quantitative estimate of drug-likeness (QED) is 0.0781. The Morgan fingerprint density at radius 2 is 1.75 bits per heavy atom. The summed E-state index contributed by atoms with van der Waals surface area (Å²) in [5.41, 5.74) is 10.5. The van der Waals surface area contributed by atoms with Crippen molar-refractivity contribution < 1.29 is 19.2 Å². The van der Waals surface area contributed by atoms with Crippen LogP contribution in [0.2, 0.25) is 0 Å². The predicted molar refractivity (Wildman–Crippen MR) is 241 cm³/mol. The smallest absolute Gasteiger partial charge is 0.255 e. The zero-order chi connectivity index (χ0) is 43.6. The summed E-state index contributed by atoms with van der Waals surface area (Å²) in [6.45, 7) is 7.67. The molecule has 6 heterocycles. The summed E-state index contributed by atoms with van der Waals surface area (Å²) >= 11 is 1.54. The number of carbonyl (C=O) groups is 4. The second-order valence-electron chi connectivity index (χ2n) is 18.6. The molecule has 0 bridgehead atoms. The van der Waals surface area contributed by atoms with Gasteiger partial charge in [0.15, 0.2) is 0 Å². The van der Waals surface area contributed by atoms with Gasteiger partial charge in [0.05, 0.1) is 30.2 Å². The zero-order valence-corrected chi connectivity index (χ0v) is 36.8. The Morgan fingerprint density at radius 1 is 0.952 bits per heavy atom. The number of fused-ring (bicyclic) bond motifs is 1. The third-order valence-corrected chi connectivity index (χ3v) is 14.3. The van der Waals surface area contributed by atoms with Crippen LogP contribution in [0.5, 0.6) is 0 Å². The maximum atomic E-state index is 13.0. The topological polar surface area (TPSA) is 172 Å². The Kier molecular flexibility index (Phi) is 12.4. The van der Waals surface area contributed by atoms with Gasteiger partial charge in [-0.25, -0.2) is 9.97 Å². The van der Waals surface area contributed by atoms with Crippen molar-refractivity contribution in [1.29, 1.82) is 0 Å². The maximum Gasteiger partial charge on any atom is 0.255 e. The Morgan fingerprint density at radius 3 is 2.54 bits per heavy atom. The van der Waals surface area contributed by atoms with Crippen LogP contribution in [-0.4, -0.2) is 97.5 Å². The molecule has 4 N–H and O–H groups in total. The number of amides is 4. The number of hydrogen-bond acceptors (Lipinski definition) is 11. The van der Waals surface area contributed by atoms with Crippen molar-refractivity contribution in [2.24, 2.45) is 11.1 Å². The van der Waals surface area contributed by atoms with Gasteiger partial charge in [0.1, 0.15) is 16.9 Å². The number of rotatable bonds is 14. The minimum atomic E-state index is -0.629. The molecule has 1 unspecified atom stereocenters. The van der Waals surface area contributed by atoms with Crippen molar-refractivity contribution >= 4 is 46.9 Å². The summed E-state index contributed by atoms with van der Waals surface area (Å²) < 4.78 is 2.07. The maximum absolute atomic E-state index is 13.0. The minimum absolute atomic E-state index is 0.0535. The molecule has 9 rings (SSSR count). The molecule has 328 valence electrons. The molecule has 2 aromatic heterocycles. The predicted octanol–water partition coefficient (Wildman–Crippen LogP) is 5.92. The normalized spacial score (nSPS) is 20.4. The summed E-state index contributed by atoms with van der Waals surface area (Å²) in [6, 6.07) is 13.2. The van der Waals surface area contributed by atoms with Crippen LogP contribution in [0.3, 0.4) is 0 Å². The van der Waals surface area contributed by atoms with E-state index in [1.807, 2.05) is 61.2 Å². The third-order valence-electron chi connectivity index (χ3n) is 13.4. The van der Waals surface area contributed by atoms with Gasteiger partial charge in [0.25, 0.3) is 5.91 Å². The van der Waals surface area contributed by atoms with Crippen LogP contribution in [0.1, 0.15) is 117 Å². The average Bonchev–Trinajstić information content (AvgIpc) is 3.83. The van der Waals surface area contributed by atoms with E-state index in [4.69, 9.17) is 5.73 Å². The van der Waals surface area contributed by atoms with Gasteiger partial charge >= 0.3 is 0 Å². The highest BCUT2D eigenvalue weighted by Gasteiger charge is 2.52. The highest BCUT2D eigenvalue weighted by Crippen LogP contribution is 2.54. The Bertz CT molecular complexity index is 2420. The van der Waals surface area contributed by atoms with Crippen molar-refractivity contribution in [3.63, 3.8) is 0 Å². The second-order valence-corrected chi connectivity index (χ2v) is 19.6. The lowest BCUT2D eigenvalue weighted by Crippen LogP contribution is -2.62. The summed E-state index contributed by atoms with van der Waals surface area (Å²) in [7, 11) is 0. The summed E-state index contributed by atoms with van der Waals surface area (Å²) in [5, 5.41) is 10.9. The first kappa shape index (κ1) is 42.7. The average molecular weight is 869 g/mol. The third kappa shape index (κ3) is 10.1. The number of nitrogens with two attached hydrogens (primary N) is 1. The van der Waals surface area contributed by atoms with Crippen LogP contribution in [-0.2, 0) is 20.9 Å². The molecule has 14 nitrogen and oxygen atoms in total. The molecule has 2 aromatic carbocycles. The number of nitrogens with zero attached hydrogens (tertiary/aromatic N) is 7. The molecule has 1 spiro atoms. The van der Waals surface area contributed by atoms with E-state index in [1.165, 1.54) is 24.6 Å². The van der Waals surface area contributed by atoms with Gasteiger partial charge in [-0.05, 0) is 106 Å². The molecule has 1 aliphatic carbocycles. The lowest BCUT2D eigenvalue weighted by Gasteiger charge is -2.59. The first-order valence-corrected chi connectivity index (χ1v) is 23.3. The van der Waals surface area contributed by atoms with Crippen molar-refractivity contribution in [2.45, 2.75) is 118 Å². The van der Waals surface area contributed by atoms with Gasteiger partial charge in [0.2, 0.25) is 17.7 Å². The van der Waals surface area contributed by atoms with E-state index in [-0.39, 0.29) is 29.7 Å². The largest absolute Gasteiger partial charge is 0.355 e. The number of unbranched alkanes of at least 4 members (excludes halogenated alkanes) is 4. The van der Waals surface area contributed by atoms with Crippen LogP contribution >= 0.6 is 11.8 Å². The monoisotopic (exact) mass is 868 g/mol. The molecular formula is C48H56N10O4S. The number of anilines is 2. The van der Waals surface area contributed by atoms with Gasteiger partial charge in [-0.1, -0.05) is 48.9 Å². The molecule has 4 aliphatic heterocycles. The van der Waals surface area contributed by atoms with Gasteiger partial charge in [0, 0.05) is 79.0 Å². The molecular weight excluding hydrogens is 813 g/mol. The lowest BCUT2D eigenvalue weighted by atomic mass is 9.60. The molecule has 5 aliphatic rings. The minimum Gasteiger partial charge on any atom is -0.355 e. The van der Waals surface area contributed by atoms with Crippen LogP contribution in [0.4, 0.5) is 11.5 Å². The molecule has 63 heavy (non-hydrogen) atoms. The van der Waals surface area contributed by atoms with Gasteiger partial charge in [-0.2, -0.15) is 5.10 Å². The zero-order valence-electron chi connectivity index (χ0n) is 36.0. The van der Waals surface area contributed by atoms with Gasteiger partial charge < -0.3 is 25.8 Å². The molecule has 1 atom stereocenters. The first-order valence-electron chi connectivity index (χ1n) is 22.5. The lowest BCUT2D eigenvalue weighted by molar-refractivity contribution is -0.137. The second kappa shape index (κ2) is 18.3. The van der Waals surface area contributed by atoms with Crippen molar-refractivity contribution in [2.75, 3.05) is 42.9 Å². The molecule has 15 heteroatoms. The number of nitrogens with one attached hydrogen (secondary N) is 2. The molecule has 4 amide bonds. The van der Waals surface area contributed by atoms with Gasteiger partial charge in [-0.15, -0.1) is 0 Å². The number of piperidine rings is 2. The van der Waals surface area contributed by atoms with Crippen LogP contribution in [0.25, 0.3) is 0 Å². The van der Waals surface area contributed by atoms with E-state index < -0.39 is 11.9 Å². The fourth-order valence-corrected chi connectivity index (χ4v) is 10.5. The number of likely N-dealkylation sites (tertiary alicyclic amines) is 1. The standard InChI is InChI=1S/C48H56N10O4S/c1-47(49)17-20-56(21-18-47)41-27-51-44(28-50-41)63-38-9-7-8-36(23-38)53-42(59)10-5-3-2-4-6-19-55-31-48(32-55)24-37(25-48)58-29-34(26-52-58)12-11-33-13-14-39-35(22-33)30-57(46(39)62)40-15-16-43(60)54-45(40)61/h7-9,13-14,22-23,26-29,37,40H,2-6,10,15-21,24-25,30-32,49H2,1H3,(H,53,59)(H,54,60,61). The molecule has 0 radical (unpaired) electrons. The number of imide groups is 1. The highest BCUT2D eigenvalue weighted by molar-refractivity contribution is 7.99. The van der Waals surface area contributed by atoms with Crippen molar-refractivity contribution in [1.82, 2.24) is 34.9 Å². The number of carbonyl (C=O) groups excluding carboxylic acids is 4. The van der Waals surface area contributed by atoms with E-state index in [1.54, 1.807) is 11.0 Å². The van der Waals surface area contributed by atoms with E-state index in [0.717, 1.165) is 116 Å². The number of benzene rings is 2. The number of hydrogen-bond donors (Lipinski definition) is 3. The summed E-state index contributed by atoms with van der Waals surface area (Å²) in [5.74, 6) is 6.51. The van der Waals surface area contributed by atoms with E-state index in [2.05, 4.69) is 58.9 Å². The Labute approximate surface area is 373 Å². The Balaban J connectivity index is 0.627. The van der Waals surface area contributed by atoms with Crippen LogP contribution in [0.15, 0.2) is 77.2 Å². The fourth-order valence-electron chi connectivity index (χ4n) is 9.75. The summed E-state index contributed by atoms with van der Waals surface area (Å²) in [6.07, 6.45) is 18.2. The van der Waals surface area contributed by atoms with Crippen molar-refractivity contribution in [3.8, 4) is 11.8 Å². The molecule has 4 fully saturated rings. The van der Waals surface area contributed by atoms with Crippen LogP contribution in [0, 0.1) is 17.3 Å². The van der Waals surface area contributed by atoms with Crippen LogP contribution < -0.4 is 21.3 Å². The fraction of sp³-hybridized carbons (Fsp3) is 0.479. The SMILES string of the molecule is CC1(N)CCN(c2cnc(Sc3cccc(NC(=O)CCCCCCCN4CC5(CC(n6cc(C#Cc7ccc8c(c7)CN(C7CCC(=O)NC7=O)C8=O)cn6)C5)C4)c3)cn2)CC1. The molecule has 1 saturated carbocycles. The van der Waals surface area contributed by atoms with E-state index in [9.17, 15) is 19.2 Å². The summed E-state index contributed by atoms with van der Waals surface area (Å²) in [4.78, 5) is 66.4. The molecule has 4 aromatic rings. The van der Waals surface area contributed by atoms with Gasteiger partial charge in [-0.3, -0.25) is 29.2 Å². The number of aromatic nitrogens is 4. The molecule has 3 saturated heterocycles. The highest BCUT2D eigenvalue weighted by atomic mass is 32.2. The van der Waals surface area contributed by atoms with E-state index >= 15 is 0 Å². The Hall–Kier alpha value is -5.56. The first-order chi connectivity index (χ1) is 30.5. The van der Waals surface area contributed by atoms with E-state index in [0.29, 0.717) is 36.4 Å².